The Balaban J connectivity index is 0. The molecule has 3 rings (SSSR count). The van der Waals surface area contributed by atoms with E-state index in [4.69, 9.17) is 0 Å². The summed E-state index contributed by atoms with van der Waals surface area (Å²) in [6.07, 6.45) is 3.15. The zero-order valence-electron chi connectivity index (χ0n) is 25.8. The molecule has 0 fully saturated rings. The Kier molecular flexibility index (Phi) is 24.5. The van der Waals surface area contributed by atoms with E-state index in [1.807, 2.05) is 67.5 Å². The second-order valence-electron chi connectivity index (χ2n) is 7.47. The summed E-state index contributed by atoms with van der Waals surface area (Å²) in [5, 5.41) is 6.78. The Hall–Kier alpha value is -1.98. The third kappa shape index (κ3) is 12.9. The third-order valence-corrected chi connectivity index (χ3v) is 6.66. The second-order valence-corrected chi connectivity index (χ2v) is 8.56. The molecule has 2 aromatic rings. The van der Waals surface area contributed by atoms with Gasteiger partial charge < -0.3 is 15.5 Å². The first-order valence-corrected chi connectivity index (χ1v) is 15.7. The molecule has 0 bridgehead atoms. The minimum atomic E-state index is 0.00736. The number of carbonyl (C=O) groups is 1. The topological polar surface area (TPSA) is 44.4 Å². The number of hydrogen-bond donors (Lipinski definition) is 2. The summed E-state index contributed by atoms with van der Waals surface area (Å²) >= 11 is 1.78. The van der Waals surface area contributed by atoms with Crippen LogP contribution in [0, 0.1) is 0 Å². The van der Waals surface area contributed by atoms with Crippen molar-refractivity contribution in [2.45, 2.75) is 111 Å². The van der Waals surface area contributed by atoms with E-state index in [2.05, 4.69) is 66.6 Å². The van der Waals surface area contributed by atoms with Crippen molar-refractivity contribution in [3.8, 4) is 0 Å². The predicted molar refractivity (Wildman–Crippen MR) is 168 cm³/mol. The molecule has 1 aliphatic rings. The molecule has 4 nitrogen and oxygen atoms in total. The summed E-state index contributed by atoms with van der Waals surface area (Å²) in [7, 11) is 0. The summed E-state index contributed by atoms with van der Waals surface area (Å²) in [5.74, 6) is 0.00736. The first-order chi connectivity index (χ1) is 18.2. The van der Waals surface area contributed by atoms with Gasteiger partial charge in [-0.05, 0) is 62.3 Å². The quantitative estimate of drug-likeness (QED) is 0.316. The number of benzene rings is 2. The highest BCUT2D eigenvalue weighted by Crippen LogP contribution is 2.43. The number of nitrogens with zero attached hydrogens (tertiary/aromatic N) is 1. The monoisotopic (exact) mass is 531 g/mol. The standard InChI is InChI=1S/C24H33N3OS.4C2H6/c1-4-10-20-19-11-7-8-12-22(19)29-23-14-13-18(17-21(23)26-20)24(28)25-15-9-16-27(5-2)6-3;4*1-2/h7-8,11-14,17,20,26H,4-6,9-10,15-16H2,1-3H3,(H,25,28);4*1-2H3. The SMILES string of the molecule is CC.CC.CC.CC.CCCC1Nc2cc(C(=O)NCCCN(CC)CC)ccc2Sc2ccccc21. The molecule has 2 N–H and O–H groups in total. The van der Waals surface area contributed by atoms with Crippen molar-refractivity contribution in [3.05, 3.63) is 53.6 Å². The molecule has 0 saturated heterocycles. The first-order valence-electron chi connectivity index (χ1n) is 14.8. The molecule has 0 aromatic heterocycles. The Morgan fingerprint density at radius 1 is 0.892 bits per heavy atom. The molecule has 0 spiro atoms. The van der Waals surface area contributed by atoms with Gasteiger partial charge in [0.1, 0.15) is 0 Å². The number of fused-ring (bicyclic) bond motifs is 2. The fourth-order valence-electron chi connectivity index (χ4n) is 3.78. The molecule has 212 valence electrons. The van der Waals surface area contributed by atoms with Crippen molar-refractivity contribution >= 4 is 23.4 Å². The number of nitrogens with one attached hydrogen (secondary N) is 2. The normalized spacial score (nSPS) is 12.6. The number of hydrogen-bond acceptors (Lipinski definition) is 4. The molecule has 37 heavy (non-hydrogen) atoms. The zero-order valence-corrected chi connectivity index (χ0v) is 26.6. The highest BCUT2D eigenvalue weighted by atomic mass is 32.2. The van der Waals surface area contributed by atoms with E-state index in [0.717, 1.165) is 50.1 Å². The predicted octanol–water partition coefficient (Wildman–Crippen LogP) is 9.67. The smallest absolute Gasteiger partial charge is 0.251 e. The third-order valence-electron chi connectivity index (χ3n) is 5.49. The van der Waals surface area contributed by atoms with Crippen LogP contribution >= 0.6 is 11.8 Å². The molecule has 0 aliphatic carbocycles. The lowest BCUT2D eigenvalue weighted by molar-refractivity contribution is 0.0952. The Morgan fingerprint density at radius 2 is 1.51 bits per heavy atom. The van der Waals surface area contributed by atoms with Crippen LogP contribution in [0.4, 0.5) is 5.69 Å². The number of anilines is 1. The molecule has 1 unspecified atom stereocenters. The summed E-state index contributed by atoms with van der Waals surface area (Å²) in [4.78, 5) is 17.5. The fraction of sp³-hybridized carbons (Fsp3) is 0.594. The van der Waals surface area contributed by atoms with Crippen LogP contribution < -0.4 is 10.6 Å². The molecular formula is C32H57N3OS. The van der Waals surface area contributed by atoms with Crippen molar-refractivity contribution in [1.82, 2.24) is 10.2 Å². The molecule has 2 aromatic carbocycles. The van der Waals surface area contributed by atoms with Gasteiger partial charge in [-0.1, -0.05) is 113 Å². The maximum atomic E-state index is 12.7. The van der Waals surface area contributed by atoms with Crippen LogP contribution in [0.5, 0.6) is 0 Å². The Bertz CT molecular complexity index is 821. The lowest BCUT2D eigenvalue weighted by Crippen LogP contribution is -2.29. The summed E-state index contributed by atoms with van der Waals surface area (Å²) in [5.41, 5.74) is 3.12. The van der Waals surface area contributed by atoms with Crippen LogP contribution in [-0.4, -0.2) is 37.0 Å². The Morgan fingerprint density at radius 3 is 2.11 bits per heavy atom. The second kappa shape index (κ2) is 24.4. The van der Waals surface area contributed by atoms with Crippen LogP contribution in [0.15, 0.2) is 52.3 Å². The number of rotatable bonds is 9. The average molecular weight is 532 g/mol. The van der Waals surface area contributed by atoms with Crippen LogP contribution in [0.25, 0.3) is 0 Å². The summed E-state index contributed by atoms with van der Waals surface area (Å²) < 4.78 is 0. The first kappa shape index (κ1) is 37.2. The van der Waals surface area contributed by atoms with Crippen molar-refractivity contribution in [2.24, 2.45) is 0 Å². The molecule has 1 amide bonds. The van der Waals surface area contributed by atoms with Gasteiger partial charge >= 0.3 is 0 Å². The van der Waals surface area contributed by atoms with E-state index < -0.39 is 0 Å². The van der Waals surface area contributed by atoms with Crippen molar-refractivity contribution in [3.63, 3.8) is 0 Å². The van der Waals surface area contributed by atoms with Crippen LogP contribution in [0.3, 0.4) is 0 Å². The summed E-state index contributed by atoms with van der Waals surface area (Å²) in [6, 6.07) is 14.9. The summed E-state index contributed by atoms with van der Waals surface area (Å²) in [6.45, 7) is 26.4. The van der Waals surface area contributed by atoms with Gasteiger partial charge in [0.15, 0.2) is 0 Å². The van der Waals surface area contributed by atoms with E-state index in [-0.39, 0.29) is 11.9 Å². The minimum Gasteiger partial charge on any atom is -0.377 e. The highest BCUT2D eigenvalue weighted by Gasteiger charge is 2.22. The van der Waals surface area contributed by atoms with Gasteiger partial charge in [0.25, 0.3) is 5.91 Å². The van der Waals surface area contributed by atoms with E-state index in [0.29, 0.717) is 6.54 Å². The van der Waals surface area contributed by atoms with E-state index in [1.165, 1.54) is 15.4 Å². The molecule has 1 atom stereocenters. The zero-order chi connectivity index (χ0) is 28.6. The number of carbonyl (C=O) groups excluding carboxylic acids is 1. The van der Waals surface area contributed by atoms with Gasteiger partial charge in [0.05, 0.1) is 6.04 Å². The average Bonchev–Trinajstić information content (AvgIpc) is 3.13. The van der Waals surface area contributed by atoms with Crippen molar-refractivity contribution in [1.29, 1.82) is 0 Å². The molecule has 5 heteroatoms. The van der Waals surface area contributed by atoms with Gasteiger partial charge in [-0.15, -0.1) is 0 Å². The van der Waals surface area contributed by atoms with Crippen LogP contribution in [0.1, 0.15) is 117 Å². The van der Waals surface area contributed by atoms with Crippen molar-refractivity contribution in [2.75, 3.05) is 31.5 Å². The van der Waals surface area contributed by atoms with Gasteiger partial charge in [-0.3, -0.25) is 4.79 Å². The lowest BCUT2D eigenvalue weighted by Gasteiger charge is -2.20. The maximum absolute atomic E-state index is 12.7. The molecular weight excluding hydrogens is 474 g/mol. The lowest BCUT2D eigenvalue weighted by atomic mass is 10.0. The Labute approximate surface area is 234 Å². The molecule has 1 aliphatic heterocycles. The van der Waals surface area contributed by atoms with Crippen LogP contribution in [0.2, 0.25) is 0 Å². The van der Waals surface area contributed by atoms with Gasteiger partial charge in [-0.2, -0.15) is 0 Å². The van der Waals surface area contributed by atoms with E-state index >= 15 is 0 Å². The maximum Gasteiger partial charge on any atom is 0.251 e. The molecule has 0 saturated carbocycles. The van der Waals surface area contributed by atoms with E-state index in [9.17, 15) is 4.79 Å². The number of amides is 1. The molecule has 1 heterocycles. The highest BCUT2D eigenvalue weighted by molar-refractivity contribution is 7.99. The van der Waals surface area contributed by atoms with Crippen molar-refractivity contribution < 1.29 is 4.79 Å². The fourth-order valence-corrected chi connectivity index (χ4v) is 4.86. The largest absolute Gasteiger partial charge is 0.377 e. The van der Waals surface area contributed by atoms with Crippen LogP contribution in [-0.2, 0) is 0 Å². The minimum absolute atomic E-state index is 0.00736. The van der Waals surface area contributed by atoms with Gasteiger partial charge in [0, 0.05) is 27.6 Å². The molecule has 0 radical (unpaired) electrons. The van der Waals surface area contributed by atoms with Gasteiger partial charge in [0.2, 0.25) is 0 Å². The van der Waals surface area contributed by atoms with Gasteiger partial charge in [-0.25, -0.2) is 0 Å². The van der Waals surface area contributed by atoms with E-state index in [1.54, 1.807) is 11.8 Å².